The molecule has 4 rings (SSSR count). The van der Waals surface area contributed by atoms with Crippen molar-refractivity contribution in [2.75, 3.05) is 7.11 Å². The van der Waals surface area contributed by atoms with Crippen LogP contribution in [0.5, 0.6) is 5.75 Å². The lowest BCUT2D eigenvalue weighted by Crippen LogP contribution is -2.07. The second-order valence-corrected chi connectivity index (χ2v) is 6.66. The van der Waals surface area contributed by atoms with Crippen molar-refractivity contribution in [3.05, 3.63) is 59.3 Å². The topological polar surface area (TPSA) is 39.2 Å². The van der Waals surface area contributed by atoms with E-state index in [9.17, 15) is 4.79 Å². The van der Waals surface area contributed by atoms with E-state index in [4.69, 9.17) is 9.72 Å². The maximum absolute atomic E-state index is 13.0. The van der Waals surface area contributed by atoms with Gasteiger partial charge in [0.15, 0.2) is 5.78 Å². The molecule has 0 bridgehead atoms. The number of ether oxygens (including phenoxy) is 1. The minimum atomic E-state index is 0.0912. The van der Waals surface area contributed by atoms with Gasteiger partial charge in [0.25, 0.3) is 0 Å². The summed E-state index contributed by atoms with van der Waals surface area (Å²) >= 11 is 0. The van der Waals surface area contributed by atoms with E-state index in [0.717, 1.165) is 51.0 Å². The molecule has 0 amide bonds. The summed E-state index contributed by atoms with van der Waals surface area (Å²) in [7, 11) is 1.65. The molecule has 0 fully saturated rings. The van der Waals surface area contributed by atoms with Crippen LogP contribution in [0.4, 0.5) is 0 Å². The molecule has 0 spiro atoms. The standard InChI is InChI=1S/C21H19NO2/c1-12(2)10-18-20-19(14-6-4-5-7-15(14)21(20)23)16-11-13(24-3)8-9-17(16)22-18/h4-9,11-12H,10H2,1-3H3. The summed E-state index contributed by atoms with van der Waals surface area (Å²) in [6, 6.07) is 13.7. The molecule has 0 atom stereocenters. The fraction of sp³-hybridized carbons (Fsp3) is 0.238. The van der Waals surface area contributed by atoms with Crippen LogP contribution in [-0.4, -0.2) is 17.9 Å². The first kappa shape index (κ1) is 14.9. The van der Waals surface area contributed by atoms with Crippen LogP contribution in [-0.2, 0) is 6.42 Å². The van der Waals surface area contributed by atoms with Crippen LogP contribution in [0.1, 0.15) is 35.5 Å². The number of fused-ring (bicyclic) bond motifs is 5. The molecule has 0 N–H and O–H groups in total. The van der Waals surface area contributed by atoms with E-state index in [1.54, 1.807) is 7.11 Å². The number of methoxy groups -OCH3 is 1. The Labute approximate surface area is 141 Å². The second-order valence-electron chi connectivity index (χ2n) is 6.66. The van der Waals surface area contributed by atoms with Crippen molar-refractivity contribution in [3.8, 4) is 16.9 Å². The lowest BCUT2D eigenvalue weighted by atomic mass is 9.95. The molecule has 24 heavy (non-hydrogen) atoms. The van der Waals surface area contributed by atoms with Gasteiger partial charge in [-0.2, -0.15) is 0 Å². The normalized spacial score (nSPS) is 12.6. The van der Waals surface area contributed by atoms with Crippen molar-refractivity contribution >= 4 is 16.7 Å². The Kier molecular flexibility index (Phi) is 3.38. The number of hydrogen-bond acceptors (Lipinski definition) is 3. The number of carbonyl (C=O) groups excluding carboxylic acids is 1. The summed E-state index contributed by atoms with van der Waals surface area (Å²) in [4.78, 5) is 17.8. The molecule has 3 nitrogen and oxygen atoms in total. The van der Waals surface area contributed by atoms with Gasteiger partial charge in [0, 0.05) is 16.5 Å². The van der Waals surface area contributed by atoms with E-state index < -0.39 is 0 Å². The average Bonchev–Trinajstić information content (AvgIpc) is 2.88. The van der Waals surface area contributed by atoms with E-state index in [1.807, 2.05) is 42.5 Å². The van der Waals surface area contributed by atoms with Crippen LogP contribution in [0.25, 0.3) is 22.0 Å². The Morgan fingerprint density at radius 3 is 2.50 bits per heavy atom. The van der Waals surface area contributed by atoms with Gasteiger partial charge in [-0.15, -0.1) is 0 Å². The van der Waals surface area contributed by atoms with Crippen molar-refractivity contribution < 1.29 is 9.53 Å². The van der Waals surface area contributed by atoms with E-state index in [2.05, 4.69) is 13.8 Å². The van der Waals surface area contributed by atoms with Crippen molar-refractivity contribution in [3.63, 3.8) is 0 Å². The quantitative estimate of drug-likeness (QED) is 0.552. The minimum Gasteiger partial charge on any atom is -0.497 e. The van der Waals surface area contributed by atoms with Gasteiger partial charge in [0.05, 0.1) is 23.9 Å². The zero-order valence-electron chi connectivity index (χ0n) is 14.1. The van der Waals surface area contributed by atoms with Crippen LogP contribution in [0.15, 0.2) is 42.5 Å². The number of nitrogens with zero attached hydrogens (tertiary/aromatic N) is 1. The van der Waals surface area contributed by atoms with Gasteiger partial charge >= 0.3 is 0 Å². The highest BCUT2D eigenvalue weighted by atomic mass is 16.5. The Morgan fingerprint density at radius 2 is 1.79 bits per heavy atom. The molecule has 1 aliphatic rings. The van der Waals surface area contributed by atoms with Gasteiger partial charge < -0.3 is 4.74 Å². The molecule has 1 heterocycles. The highest BCUT2D eigenvalue weighted by Gasteiger charge is 2.31. The van der Waals surface area contributed by atoms with Crippen molar-refractivity contribution in [2.24, 2.45) is 5.92 Å². The van der Waals surface area contributed by atoms with Gasteiger partial charge in [-0.1, -0.05) is 38.1 Å². The Hall–Kier alpha value is -2.68. The summed E-state index contributed by atoms with van der Waals surface area (Å²) in [6.07, 6.45) is 0.796. The van der Waals surface area contributed by atoms with Gasteiger partial charge in [-0.25, -0.2) is 0 Å². The van der Waals surface area contributed by atoms with Crippen LogP contribution < -0.4 is 4.74 Å². The zero-order chi connectivity index (χ0) is 16.8. The first-order valence-corrected chi connectivity index (χ1v) is 8.25. The number of pyridine rings is 1. The van der Waals surface area contributed by atoms with Crippen molar-refractivity contribution in [1.82, 2.24) is 4.98 Å². The minimum absolute atomic E-state index is 0.0912. The number of rotatable bonds is 3. The highest BCUT2D eigenvalue weighted by molar-refractivity contribution is 6.26. The molecule has 0 saturated heterocycles. The van der Waals surface area contributed by atoms with E-state index >= 15 is 0 Å². The van der Waals surface area contributed by atoms with Gasteiger partial charge in [0.2, 0.25) is 0 Å². The van der Waals surface area contributed by atoms with E-state index in [0.29, 0.717) is 5.92 Å². The third-order valence-electron chi connectivity index (χ3n) is 4.54. The molecule has 3 heteroatoms. The van der Waals surface area contributed by atoms with E-state index in [-0.39, 0.29) is 5.78 Å². The average molecular weight is 317 g/mol. The molecule has 1 aromatic heterocycles. The highest BCUT2D eigenvalue weighted by Crippen LogP contribution is 2.43. The lowest BCUT2D eigenvalue weighted by molar-refractivity contribution is 0.104. The third kappa shape index (κ3) is 2.12. The maximum Gasteiger partial charge on any atom is 0.196 e. The van der Waals surface area contributed by atoms with Gasteiger partial charge in [-0.05, 0) is 36.1 Å². The van der Waals surface area contributed by atoms with Gasteiger partial charge in [0.1, 0.15) is 5.75 Å². The maximum atomic E-state index is 13.0. The first-order valence-electron chi connectivity index (χ1n) is 8.25. The summed E-state index contributed by atoms with van der Waals surface area (Å²) in [5, 5.41) is 0.982. The third-order valence-corrected chi connectivity index (χ3v) is 4.54. The molecule has 0 aliphatic heterocycles. The molecular formula is C21H19NO2. The number of ketones is 1. The second kappa shape index (κ2) is 5.45. The van der Waals surface area contributed by atoms with Gasteiger partial charge in [-0.3, -0.25) is 9.78 Å². The summed E-state index contributed by atoms with van der Waals surface area (Å²) in [6.45, 7) is 4.30. The summed E-state index contributed by atoms with van der Waals surface area (Å²) < 4.78 is 5.38. The predicted molar refractivity (Wildman–Crippen MR) is 95.7 cm³/mol. The van der Waals surface area contributed by atoms with Crippen LogP contribution in [0.2, 0.25) is 0 Å². The molecule has 120 valence electrons. The number of aromatic nitrogens is 1. The monoisotopic (exact) mass is 317 g/mol. The van der Waals surface area contributed by atoms with Crippen LogP contribution in [0.3, 0.4) is 0 Å². The number of hydrogen-bond donors (Lipinski definition) is 0. The molecule has 0 saturated carbocycles. The van der Waals surface area contributed by atoms with Crippen LogP contribution in [0, 0.1) is 5.92 Å². The summed E-state index contributed by atoms with van der Waals surface area (Å²) in [5.74, 6) is 1.31. The smallest absolute Gasteiger partial charge is 0.196 e. The first-order chi connectivity index (χ1) is 11.6. The molecule has 0 radical (unpaired) electrons. The molecule has 2 aromatic carbocycles. The van der Waals surface area contributed by atoms with Crippen molar-refractivity contribution in [1.29, 1.82) is 0 Å². The van der Waals surface area contributed by atoms with E-state index in [1.165, 1.54) is 0 Å². The predicted octanol–water partition coefficient (Wildman–Crippen LogP) is 4.65. The fourth-order valence-electron chi connectivity index (χ4n) is 3.51. The summed E-state index contributed by atoms with van der Waals surface area (Å²) in [5.41, 5.74) is 5.37. The number of benzene rings is 2. The van der Waals surface area contributed by atoms with Crippen molar-refractivity contribution in [2.45, 2.75) is 20.3 Å². The lowest BCUT2D eigenvalue weighted by Gasteiger charge is -2.13. The molecule has 1 aliphatic carbocycles. The zero-order valence-corrected chi connectivity index (χ0v) is 14.1. The molecule has 0 unspecified atom stereocenters. The van der Waals surface area contributed by atoms with Crippen LogP contribution >= 0.6 is 0 Å². The fourth-order valence-corrected chi connectivity index (χ4v) is 3.51. The number of carbonyl (C=O) groups is 1. The Bertz CT molecular complexity index is 973. The Morgan fingerprint density at radius 1 is 1.04 bits per heavy atom. The largest absolute Gasteiger partial charge is 0.497 e. The molecular weight excluding hydrogens is 298 g/mol. The Balaban J connectivity index is 2.12. The SMILES string of the molecule is COc1ccc2nc(CC(C)C)c3c(c2c1)-c1ccccc1C3=O. The molecule has 3 aromatic rings.